The lowest BCUT2D eigenvalue weighted by Crippen LogP contribution is -2.50. The van der Waals surface area contributed by atoms with Gasteiger partial charge in [0.2, 0.25) is 5.76 Å². The van der Waals surface area contributed by atoms with Crippen molar-refractivity contribution in [3.63, 3.8) is 0 Å². The van der Waals surface area contributed by atoms with E-state index in [1.54, 1.807) is 24.3 Å². The lowest BCUT2D eigenvalue weighted by atomic mass is 9.78. The van der Waals surface area contributed by atoms with Crippen molar-refractivity contribution in [3.8, 4) is 0 Å². The van der Waals surface area contributed by atoms with E-state index >= 15 is 0 Å². The van der Waals surface area contributed by atoms with Crippen LogP contribution in [-0.4, -0.2) is 36.0 Å². The van der Waals surface area contributed by atoms with Crippen LogP contribution in [0.3, 0.4) is 0 Å². The Morgan fingerprint density at radius 3 is 2.78 bits per heavy atom. The largest absolute Gasteiger partial charge is 0.450 e. The molecule has 0 bridgehead atoms. The van der Waals surface area contributed by atoms with Gasteiger partial charge in [-0.2, -0.15) is 0 Å². The molecule has 2 heterocycles. The molecule has 4 rings (SSSR count). The Kier molecular flexibility index (Phi) is 4.97. The maximum absolute atomic E-state index is 12.6. The van der Waals surface area contributed by atoms with Gasteiger partial charge in [0.05, 0.1) is 5.39 Å². The maximum Gasteiger partial charge on any atom is 0.374 e. The molecule has 1 aromatic heterocycles. The zero-order valence-corrected chi connectivity index (χ0v) is 15.2. The number of hydrogen-bond donors (Lipinski definition) is 0. The van der Waals surface area contributed by atoms with Gasteiger partial charge in [-0.05, 0) is 43.7 Å². The minimum Gasteiger partial charge on any atom is -0.450 e. The molecule has 6 heteroatoms. The van der Waals surface area contributed by atoms with Crippen LogP contribution in [-0.2, 0) is 9.53 Å². The summed E-state index contributed by atoms with van der Waals surface area (Å²) in [5.74, 6) is -0.558. The predicted molar refractivity (Wildman–Crippen MR) is 99.5 cm³/mol. The van der Waals surface area contributed by atoms with Crippen molar-refractivity contribution < 1.29 is 18.7 Å². The van der Waals surface area contributed by atoms with Crippen molar-refractivity contribution in [1.82, 2.24) is 4.90 Å². The van der Waals surface area contributed by atoms with Gasteiger partial charge in [0, 0.05) is 18.7 Å². The molecular formula is C21H23NO5. The SMILES string of the molecule is O=C(OCC(=O)N1CCC[C@@H]2CCCC[C@H]21)c1cc(=O)c2ccccc2o1. The van der Waals surface area contributed by atoms with E-state index in [9.17, 15) is 14.4 Å². The van der Waals surface area contributed by atoms with Crippen molar-refractivity contribution in [2.24, 2.45) is 5.92 Å². The summed E-state index contributed by atoms with van der Waals surface area (Å²) >= 11 is 0. The Morgan fingerprint density at radius 1 is 1.11 bits per heavy atom. The second-order valence-electron chi connectivity index (χ2n) is 7.39. The number of esters is 1. The molecule has 142 valence electrons. The molecule has 0 N–H and O–H groups in total. The number of piperidine rings is 1. The van der Waals surface area contributed by atoms with Crippen LogP contribution in [0.1, 0.15) is 49.1 Å². The standard InChI is InChI=1S/C21H23NO5/c23-17-12-19(27-18-10-4-2-8-15(17)18)21(25)26-13-20(24)22-11-5-7-14-6-1-3-9-16(14)22/h2,4,8,10,12,14,16H,1,3,5-7,9,11,13H2/t14-,16+/m0/s1. The Hall–Kier alpha value is -2.63. The summed E-state index contributed by atoms with van der Waals surface area (Å²) in [7, 11) is 0. The van der Waals surface area contributed by atoms with Gasteiger partial charge in [-0.25, -0.2) is 4.79 Å². The third kappa shape index (κ3) is 3.61. The minimum atomic E-state index is -0.789. The number of carbonyl (C=O) groups is 2. The number of para-hydroxylation sites is 1. The van der Waals surface area contributed by atoms with E-state index in [0.717, 1.165) is 31.9 Å². The first-order valence-electron chi connectivity index (χ1n) is 9.63. The van der Waals surface area contributed by atoms with E-state index in [1.165, 1.54) is 19.3 Å². The number of nitrogens with zero attached hydrogens (tertiary/aromatic N) is 1. The predicted octanol–water partition coefficient (Wildman–Crippen LogP) is 3.13. The highest BCUT2D eigenvalue weighted by Gasteiger charge is 2.35. The van der Waals surface area contributed by atoms with Crippen LogP contribution >= 0.6 is 0 Å². The quantitative estimate of drug-likeness (QED) is 0.777. The topological polar surface area (TPSA) is 76.8 Å². The summed E-state index contributed by atoms with van der Waals surface area (Å²) in [4.78, 5) is 38.9. The van der Waals surface area contributed by atoms with E-state index in [-0.39, 0.29) is 29.7 Å². The van der Waals surface area contributed by atoms with Gasteiger partial charge in [0.15, 0.2) is 12.0 Å². The van der Waals surface area contributed by atoms with Crippen molar-refractivity contribution in [3.05, 3.63) is 46.3 Å². The molecule has 1 saturated carbocycles. The van der Waals surface area contributed by atoms with Crippen molar-refractivity contribution in [2.45, 2.75) is 44.6 Å². The highest BCUT2D eigenvalue weighted by atomic mass is 16.5. The summed E-state index contributed by atoms with van der Waals surface area (Å²) in [5.41, 5.74) is 0.0144. The second kappa shape index (κ2) is 7.55. The molecule has 0 radical (unpaired) electrons. The van der Waals surface area contributed by atoms with Crippen LogP contribution in [0, 0.1) is 5.92 Å². The van der Waals surface area contributed by atoms with Gasteiger partial charge >= 0.3 is 5.97 Å². The van der Waals surface area contributed by atoms with Gasteiger partial charge in [-0.15, -0.1) is 0 Å². The van der Waals surface area contributed by atoms with Gasteiger partial charge in [0.1, 0.15) is 5.58 Å². The number of benzene rings is 1. The third-order valence-corrected chi connectivity index (χ3v) is 5.73. The Bertz CT molecular complexity index is 916. The molecule has 2 aliphatic rings. The molecule has 1 amide bonds. The molecule has 0 unspecified atom stereocenters. The first-order valence-corrected chi connectivity index (χ1v) is 9.63. The second-order valence-corrected chi connectivity index (χ2v) is 7.39. The summed E-state index contributed by atoms with van der Waals surface area (Å²) in [6, 6.07) is 8.10. The average Bonchev–Trinajstić information content (AvgIpc) is 2.71. The third-order valence-electron chi connectivity index (χ3n) is 5.73. The molecule has 1 saturated heterocycles. The molecule has 1 aliphatic carbocycles. The molecule has 0 spiro atoms. The van der Waals surface area contributed by atoms with Crippen LogP contribution in [0.2, 0.25) is 0 Å². The zero-order chi connectivity index (χ0) is 18.8. The smallest absolute Gasteiger partial charge is 0.374 e. The number of ether oxygens (including phenoxy) is 1. The average molecular weight is 369 g/mol. The number of amides is 1. The lowest BCUT2D eigenvalue weighted by Gasteiger charge is -2.44. The maximum atomic E-state index is 12.6. The molecule has 6 nitrogen and oxygen atoms in total. The van der Waals surface area contributed by atoms with E-state index in [1.807, 2.05) is 4.90 Å². The first-order chi connectivity index (χ1) is 13.1. The highest BCUT2D eigenvalue weighted by Crippen LogP contribution is 2.35. The fraction of sp³-hybridized carbons (Fsp3) is 0.476. The van der Waals surface area contributed by atoms with E-state index < -0.39 is 5.97 Å². The minimum absolute atomic E-state index is 0.164. The Labute approximate surface area is 157 Å². The van der Waals surface area contributed by atoms with Crippen molar-refractivity contribution in [2.75, 3.05) is 13.2 Å². The summed E-state index contributed by atoms with van der Waals surface area (Å²) in [6.07, 6.45) is 6.77. The summed E-state index contributed by atoms with van der Waals surface area (Å²) in [6.45, 7) is 0.404. The van der Waals surface area contributed by atoms with Gasteiger partial charge in [-0.3, -0.25) is 9.59 Å². The normalized spacial score (nSPS) is 22.3. The number of likely N-dealkylation sites (tertiary alicyclic amines) is 1. The van der Waals surface area contributed by atoms with Crippen LogP contribution < -0.4 is 5.43 Å². The van der Waals surface area contributed by atoms with Gasteiger partial charge in [0.25, 0.3) is 5.91 Å². The first kappa shape index (κ1) is 17.8. The molecule has 27 heavy (non-hydrogen) atoms. The fourth-order valence-corrected chi connectivity index (χ4v) is 4.42. The van der Waals surface area contributed by atoms with Gasteiger partial charge in [-0.1, -0.05) is 25.0 Å². The highest BCUT2D eigenvalue weighted by molar-refractivity contribution is 5.90. The Balaban J connectivity index is 1.43. The van der Waals surface area contributed by atoms with Crippen molar-refractivity contribution in [1.29, 1.82) is 0 Å². The Morgan fingerprint density at radius 2 is 1.89 bits per heavy atom. The van der Waals surface area contributed by atoms with Gasteiger partial charge < -0.3 is 14.1 Å². The van der Waals surface area contributed by atoms with Crippen LogP contribution in [0.5, 0.6) is 0 Å². The molecule has 2 atom stereocenters. The number of carbonyl (C=O) groups excluding carboxylic acids is 2. The number of rotatable bonds is 3. The number of fused-ring (bicyclic) bond motifs is 2. The molecular weight excluding hydrogens is 346 g/mol. The number of hydrogen-bond acceptors (Lipinski definition) is 5. The molecule has 1 aromatic carbocycles. The monoisotopic (exact) mass is 369 g/mol. The van der Waals surface area contributed by atoms with Crippen LogP contribution in [0.25, 0.3) is 11.0 Å². The molecule has 2 aromatic rings. The summed E-state index contributed by atoms with van der Waals surface area (Å²) in [5, 5.41) is 0.404. The summed E-state index contributed by atoms with van der Waals surface area (Å²) < 4.78 is 10.6. The van der Waals surface area contributed by atoms with E-state index in [4.69, 9.17) is 9.15 Å². The van der Waals surface area contributed by atoms with Crippen LogP contribution in [0.15, 0.2) is 39.5 Å². The molecule has 1 aliphatic heterocycles. The van der Waals surface area contributed by atoms with Crippen molar-refractivity contribution >= 4 is 22.8 Å². The zero-order valence-electron chi connectivity index (χ0n) is 15.2. The van der Waals surface area contributed by atoms with E-state index in [2.05, 4.69) is 0 Å². The fourth-order valence-electron chi connectivity index (χ4n) is 4.42. The molecule has 2 fully saturated rings. The lowest BCUT2D eigenvalue weighted by molar-refractivity contribution is -0.140. The van der Waals surface area contributed by atoms with E-state index in [0.29, 0.717) is 16.9 Å². The van der Waals surface area contributed by atoms with Crippen LogP contribution in [0.4, 0.5) is 0 Å².